The van der Waals surface area contributed by atoms with Crippen LogP contribution in [0.15, 0.2) is 59.6 Å². The number of benzene rings is 2. The number of amides is 2. The predicted octanol–water partition coefficient (Wildman–Crippen LogP) is 3.34. The summed E-state index contributed by atoms with van der Waals surface area (Å²) in [6.45, 7) is 0. The average molecular weight is 379 g/mol. The van der Waals surface area contributed by atoms with Crippen LogP contribution in [0.4, 0.5) is 4.39 Å². The van der Waals surface area contributed by atoms with Crippen molar-refractivity contribution in [1.29, 1.82) is 0 Å². The van der Waals surface area contributed by atoms with Crippen LogP contribution >= 0.6 is 0 Å². The topological polar surface area (TPSA) is 75.8 Å². The van der Waals surface area contributed by atoms with Gasteiger partial charge in [0.2, 0.25) is 5.91 Å². The van der Waals surface area contributed by atoms with Gasteiger partial charge in [-0.15, -0.1) is 0 Å². The Balaban J connectivity index is 1.82. The van der Waals surface area contributed by atoms with E-state index in [1.807, 2.05) is 30.3 Å². The van der Waals surface area contributed by atoms with Gasteiger partial charge in [0.05, 0.1) is 0 Å². The van der Waals surface area contributed by atoms with Gasteiger partial charge >= 0.3 is 0 Å². The van der Waals surface area contributed by atoms with E-state index in [0.717, 1.165) is 24.8 Å². The van der Waals surface area contributed by atoms with E-state index in [2.05, 4.69) is 0 Å². The summed E-state index contributed by atoms with van der Waals surface area (Å²) in [5.41, 5.74) is 6.54. The van der Waals surface area contributed by atoms with Crippen LogP contribution in [0.1, 0.15) is 49.3 Å². The Kier molecular flexibility index (Phi) is 4.71. The van der Waals surface area contributed by atoms with E-state index >= 15 is 0 Å². The SMILES string of the molecule is NC(=O)C(c1ccc(F)cc1)N1C(=O)C(c2ccccc2)=NC12CCCCC2. The summed E-state index contributed by atoms with van der Waals surface area (Å²) in [7, 11) is 0. The first-order valence-electron chi connectivity index (χ1n) is 9.56. The van der Waals surface area contributed by atoms with Crippen LogP contribution in [0.5, 0.6) is 0 Å². The van der Waals surface area contributed by atoms with Gasteiger partial charge in [0.1, 0.15) is 23.2 Å². The van der Waals surface area contributed by atoms with Crippen LogP contribution in [-0.4, -0.2) is 28.1 Å². The fourth-order valence-electron chi connectivity index (χ4n) is 4.31. The summed E-state index contributed by atoms with van der Waals surface area (Å²) in [5, 5.41) is 0. The second kappa shape index (κ2) is 7.19. The van der Waals surface area contributed by atoms with E-state index in [0.29, 0.717) is 24.1 Å². The van der Waals surface area contributed by atoms with Crippen molar-refractivity contribution in [1.82, 2.24) is 4.90 Å². The van der Waals surface area contributed by atoms with Crippen LogP contribution in [0.25, 0.3) is 0 Å². The van der Waals surface area contributed by atoms with Gasteiger partial charge in [0, 0.05) is 5.56 Å². The fraction of sp³-hybridized carbons (Fsp3) is 0.318. The number of carbonyl (C=O) groups is 2. The van der Waals surface area contributed by atoms with Gasteiger partial charge in [0.25, 0.3) is 5.91 Å². The highest BCUT2D eigenvalue weighted by atomic mass is 19.1. The normalized spacial score (nSPS) is 19.5. The molecule has 2 amide bonds. The number of nitrogens with zero attached hydrogens (tertiary/aromatic N) is 2. The van der Waals surface area contributed by atoms with Crippen molar-refractivity contribution in [3.63, 3.8) is 0 Å². The lowest BCUT2D eigenvalue weighted by Crippen LogP contribution is -2.53. The highest BCUT2D eigenvalue weighted by Gasteiger charge is 2.52. The second-order valence-electron chi connectivity index (χ2n) is 7.40. The molecule has 0 bridgehead atoms. The van der Waals surface area contributed by atoms with Crippen LogP contribution in [0, 0.1) is 5.82 Å². The molecule has 0 saturated heterocycles. The maximum Gasteiger partial charge on any atom is 0.275 e. The molecule has 1 atom stereocenters. The maximum atomic E-state index is 13.5. The van der Waals surface area contributed by atoms with Crippen molar-refractivity contribution in [2.75, 3.05) is 0 Å². The number of carbonyl (C=O) groups excluding carboxylic acids is 2. The van der Waals surface area contributed by atoms with E-state index in [4.69, 9.17) is 10.7 Å². The molecule has 1 fully saturated rings. The second-order valence-corrected chi connectivity index (χ2v) is 7.40. The number of primary amides is 1. The number of hydrogen-bond donors (Lipinski definition) is 1. The summed E-state index contributed by atoms with van der Waals surface area (Å²) in [6, 6.07) is 13.8. The zero-order chi connectivity index (χ0) is 19.7. The van der Waals surface area contributed by atoms with Gasteiger partial charge in [-0.05, 0) is 43.4 Å². The molecule has 4 rings (SSSR count). The molecular formula is C22H22FN3O2. The molecule has 144 valence electrons. The van der Waals surface area contributed by atoms with Crippen LogP contribution in [0.2, 0.25) is 0 Å². The lowest BCUT2D eigenvalue weighted by Gasteiger charge is -2.42. The van der Waals surface area contributed by atoms with E-state index < -0.39 is 23.4 Å². The molecule has 2 N–H and O–H groups in total. The molecule has 5 nitrogen and oxygen atoms in total. The number of rotatable bonds is 4. The molecule has 2 aromatic carbocycles. The lowest BCUT2D eigenvalue weighted by atomic mass is 9.86. The highest BCUT2D eigenvalue weighted by Crippen LogP contribution is 2.44. The number of halogens is 1. The third kappa shape index (κ3) is 3.09. The van der Waals surface area contributed by atoms with Gasteiger partial charge in [-0.2, -0.15) is 0 Å². The Bertz CT molecular complexity index is 919. The summed E-state index contributed by atoms with van der Waals surface area (Å²) in [6.07, 6.45) is 4.27. The maximum absolute atomic E-state index is 13.5. The predicted molar refractivity (Wildman–Crippen MR) is 104 cm³/mol. The van der Waals surface area contributed by atoms with E-state index in [9.17, 15) is 14.0 Å². The van der Waals surface area contributed by atoms with Gasteiger partial charge in [-0.1, -0.05) is 48.9 Å². The Labute approximate surface area is 163 Å². The molecule has 1 unspecified atom stereocenters. The molecule has 1 saturated carbocycles. The minimum atomic E-state index is -0.990. The quantitative estimate of drug-likeness (QED) is 0.885. The van der Waals surface area contributed by atoms with Crippen molar-refractivity contribution in [3.8, 4) is 0 Å². The zero-order valence-electron chi connectivity index (χ0n) is 15.5. The largest absolute Gasteiger partial charge is 0.368 e. The van der Waals surface area contributed by atoms with Gasteiger partial charge < -0.3 is 5.73 Å². The number of hydrogen-bond acceptors (Lipinski definition) is 3. The molecule has 0 radical (unpaired) electrons. The first kappa shape index (κ1) is 18.3. The standard InChI is InChI=1S/C22H22FN3O2/c23-17-11-9-16(10-12-17)19(20(24)27)26-21(28)18(15-7-3-1-4-8-15)25-22(26)13-5-2-6-14-22/h1,3-4,7-12,19H,2,5-6,13-14H2,(H2,24,27). The summed E-state index contributed by atoms with van der Waals surface area (Å²) in [4.78, 5) is 32.4. The molecule has 1 aliphatic heterocycles. The van der Waals surface area contributed by atoms with Gasteiger partial charge in [-0.25, -0.2) is 4.39 Å². The third-order valence-electron chi connectivity index (χ3n) is 5.60. The zero-order valence-corrected chi connectivity index (χ0v) is 15.5. The Morgan fingerprint density at radius 1 is 1.04 bits per heavy atom. The van der Waals surface area contributed by atoms with E-state index in [1.54, 1.807) is 4.90 Å². The smallest absolute Gasteiger partial charge is 0.275 e. The third-order valence-corrected chi connectivity index (χ3v) is 5.60. The molecule has 1 aliphatic carbocycles. The van der Waals surface area contributed by atoms with Crippen LogP contribution in [-0.2, 0) is 9.59 Å². The molecule has 2 aromatic rings. The summed E-state index contributed by atoms with van der Waals surface area (Å²) >= 11 is 0. The van der Waals surface area contributed by atoms with E-state index in [-0.39, 0.29) is 5.91 Å². The van der Waals surface area contributed by atoms with Crippen molar-refractivity contribution < 1.29 is 14.0 Å². The van der Waals surface area contributed by atoms with Crippen molar-refractivity contribution in [2.24, 2.45) is 10.7 Å². The average Bonchev–Trinajstić information content (AvgIpc) is 2.97. The Morgan fingerprint density at radius 2 is 1.68 bits per heavy atom. The minimum absolute atomic E-state index is 0.304. The van der Waals surface area contributed by atoms with Crippen molar-refractivity contribution in [2.45, 2.75) is 43.8 Å². The molecule has 0 aromatic heterocycles. The van der Waals surface area contributed by atoms with Gasteiger partial charge in [-0.3, -0.25) is 19.5 Å². The number of nitrogens with two attached hydrogens (primary N) is 1. The molecule has 1 spiro atoms. The molecule has 28 heavy (non-hydrogen) atoms. The van der Waals surface area contributed by atoms with E-state index in [1.165, 1.54) is 24.3 Å². The Hall–Kier alpha value is -3.02. The highest BCUT2D eigenvalue weighted by molar-refractivity contribution is 6.47. The summed E-state index contributed by atoms with van der Waals surface area (Å²) in [5.74, 6) is -1.36. The fourth-order valence-corrected chi connectivity index (χ4v) is 4.31. The molecule has 2 aliphatic rings. The monoisotopic (exact) mass is 379 g/mol. The molecule has 6 heteroatoms. The lowest BCUT2D eigenvalue weighted by molar-refractivity contribution is -0.141. The summed E-state index contributed by atoms with van der Waals surface area (Å²) < 4.78 is 13.4. The Morgan fingerprint density at radius 3 is 2.29 bits per heavy atom. The first-order valence-corrected chi connectivity index (χ1v) is 9.56. The minimum Gasteiger partial charge on any atom is -0.368 e. The van der Waals surface area contributed by atoms with Crippen LogP contribution < -0.4 is 5.73 Å². The van der Waals surface area contributed by atoms with Crippen LogP contribution in [0.3, 0.4) is 0 Å². The number of aliphatic imine (C=N–C) groups is 1. The molecule has 1 heterocycles. The molecular weight excluding hydrogens is 357 g/mol. The van der Waals surface area contributed by atoms with Crippen molar-refractivity contribution >= 4 is 17.5 Å². The van der Waals surface area contributed by atoms with Crippen molar-refractivity contribution in [3.05, 3.63) is 71.5 Å². The van der Waals surface area contributed by atoms with Gasteiger partial charge in [0.15, 0.2) is 0 Å². The first-order chi connectivity index (χ1) is 13.5.